The van der Waals surface area contributed by atoms with E-state index in [1.54, 1.807) is 0 Å². The zero-order chi connectivity index (χ0) is 14.7. The minimum atomic E-state index is -0.790. The van der Waals surface area contributed by atoms with Crippen molar-refractivity contribution in [3.05, 3.63) is 0 Å². The first kappa shape index (κ1) is 15.3. The second-order valence-corrected chi connectivity index (χ2v) is 6.52. The van der Waals surface area contributed by atoms with E-state index in [-0.39, 0.29) is 11.8 Å². The van der Waals surface area contributed by atoms with Gasteiger partial charge in [-0.1, -0.05) is 20.3 Å². The van der Waals surface area contributed by atoms with Crippen LogP contribution in [0.1, 0.15) is 52.4 Å². The Morgan fingerprint density at radius 2 is 1.75 bits per heavy atom. The molecule has 0 saturated heterocycles. The van der Waals surface area contributed by atoms with Crippen LogP contribution in [0.5, 0.6) is 0 Å². The van der Waals surface area contributed by atoms with E-state index in [0.717, 1.165) is 32.4 Å². The van der Waals surface area contributed by atoms with Crippen LogP contribution in [0.3, 0.4) is 0 Å². The molecule has 0 aromatic carbocycles. The van der Waals surface area contributed by atoms with E-state index in [0.29, 0.717) is 18.3 Å². The van der Waals surface area contributed by atoms with Gasteiger partial charge in [-0.15, -0.1) is 0 Å². The molecular weight excluding hydrogens is 254 g/mol. The molecule has 0 spiro atoms. The van der Waals surface area contributed by atoms with Crippen molar-refractivity contribution >= 4 is 11.9 Å². The lowest BCUT2D eigenvalue weighted by Gasteiger charge is -2.27. The molecule has 3 atom stereocenters. The Balaban J connectivity index is 2.04. The van der Waals surface area contributed by atoms with Gasteiger partial charge in [0.25, 0.3) is 0 Å². The number of carboxylic acids is 1. The molecule has 1 amide bonds. The maximum absolute atomic E-state index is 12.7. The Labute approximate surface area is 121 Å². The second-order valence-electron chi connectivity index (χ2n) is 6.52. The predicted molar refractivity (Wildman–Crippen MR) is 77.2 cm³/mol. The highest BCUT2D eigenvalue weighted by Crippen LogP contribution is 2.40. The van der Waals surface area contributed by atoms with Crippen molar-refractivity contribution in [2.45, 2.75) is 52.4 Å². The lowest BCUT2D eigenvalue weighted by molar-refractivity contribution is -0.149. The maximum atomic E-state index is 12.7. The van der Waals surface area contributed by atoms with E-state index < -0.39 is 11.9 Å². The summed E-state index contributed by atoms with van der Waals surface area (Å²) in [4.78, 5) is 26.1. The lowest BCUT2D eigenvalue weighted by atomic mass is 9.94. The van der Waals surface area contributed by atoms with Gasteiger partial charge in [0.15, 0.2) is 0 Å². The summed E-state index contributed by atoms with van der Waals surface area (Å²) in [5.41, 5.74) is 0. The number of hydrogen-bond donors (Lipinski definition) is 1. The van der Waals surface area contributed by atoms with Gasteiger partial charge in [0.2, 0.25) is 5.91 Å². The Morgan fingerprint density at radius 1 is 1.10 bits per heavy atom. The zero-order valence-corrected chi connectivity index (χ0v) is 12.7. The fraction of sp³-hybridized carbons (Fsp3) is 0.875. The molecule has 0 aromatic rings. The maximum Gasteiger partial charge on any atom is 0.307 e. The van der Waals surface area contributed by atoms with Gasteiger partial charge in [0.05, 0.1) is 11.8 Å². The van der Waals surface area contributed by atoms with Crippen molar-refractivity contribution in [2.24, 2.45) is 23.7 Å². The second kappa shape index (κ2) is 6.59. The van der Waals surface area contributed by atoms with Gasteiger partial charge in [-0.2, -0.15) is 0 Å². The van der Waals surface area contributed by atoms with Gasteiger partial charge in [-0.3, -0.25) is 9.59 Å². The summed E-state index contributed by atoms with van der Waals surface area (Å²) in [6.07, 6.45) is 5.79. The molecule has 0 heterocycles. The quantitative estimate of drug-likeness (QED) is 0.780. The van der Waals surface area contributed by atoms with Gasteiger partial charge in [0, 0.05) is 13.1 Å². The van der Waals surface area contributed by atoms with Crippen molar-refractivity contribution in [1.82, 2.24) is 4.90 Å². The molecule has 0 radical (unpaired) electrons. The van der Waals surface area contributed by atoms with Crippen LogP contribution in [0, 0.1) is 23.7 Å². The number of carbonyl (C=O) groups excluding carboxylic acids is 1. The third-order valence-electron chi connectivity index (χ3n) is 4.85. The summed E-state index contributed by atoms with van der Waals surface area (Å²) in [5.74, 6) is -0.385. The van der Waals surface area contributed by atoms with Crippen LogP contribution in [-0.4, -0.2) is 35.0 Å². The smallest absolute Gasteiger partial charge is 0.307 e. The molecule has 0 aliphatic heterocycles. The van der Waals surface area contributed by atoms with Gasteiger partial charge >= 0.3 is 5.97 Å². The highest BCUT2D eigenvalue weighted by Gasteiger charge is 2.44. The van der Waals surface area contributed by atoms with E-state index >= 15 is 0 Å². The highest BCUT2D eigenvalue weighted by molar-refractivity contribution is 5.85. The molecule has 4 heteroatoms. The van der Waals surface area contributed by atoms with Gasteiger partial charge in [-0.05, 0) is 43.9 Å². The Bertz CT molecular complexity index is 365. The summed E-state index contributed by atoms with van der Waals surface area (Å²) in [7, 11) is 0. The first-order chi connectivity index (χ1) is 9.56. The van der Waals surface area contributed by atoms with Crippen LogP contribution in [0.25, 0.3) is 0 Å². The van der Waals surface area contributed by atoms with Crippen LogP contribution in [0.4, 0.5) is 0 Å². The first-order valence-electron chi connectivity index (χ1n) is 8.08. The van der Waals surface area contributed by atoms with Crippen molar-refractivity contribution in [3.8, 4) is 0 Å². The highest BCUT2D eigenvalue weighted by atomic mass is 16.4. The molecule has 0 aromatic heterocycles. The van der Waals surface area contributed by atoms with E-state index in [9.17, 15) is 14.7 Å². The third kappa shape index (κ3) is 3.53. The van der Waals surface area contributed by atoms with Crippen LogP contribution in [0.2, 0.25) is 0 Å². The minimum Gasteiger partial charge on any atom is -0.481 e. The molecule has 114 valence electrons. The molecule has 4 nitrogen and oxygen atoms in total. The van der Waals surface area contributed by atoms with E-state index in [2.05, 4.69) is 13.8 Å². The Morgan fingerprint density at radius 3 is 2.25 bits per heavy atom. The standard InChI is InChI=1S/C16H27NO3/c1-3-7-17(10-12-5-6-12)15(18)13-8-11(4-2)9-14(13)16(19)20/h11-14H,3-10H2,1-2H3,(H,19,20). The van der Waals surface area contributed by atoms with E-state index in [4.69, 9.17) is 0 Å². The largest absolute Gasteiger partial charge is 0.481 e. The molecular formula is C16H27NO3. The van der Waals surface area contributed by atoms with Crippen LogP contribution in [0.15, 0.2) is 0 Å². The topological polar surface area (TPSA) is 57.6 Å². The number of nitrogens with zero attached hydrogens (tertiary/aromatic N) is 1. The molecule has 2 aliphatic rings. The van der Waals surface area contributed by atoms with Crippen molar-refractivity contribution in [2.75, 3.05) is 13.1 Å². The molecule has 2 fully saturated rings. The lowest BCUT2D eigenvalue weighted by Crippen LogP contribution is -2.40. The van der Waals surface area contributed by atoms with Gasteiger partial charge in [-0.25, -0.2) is 0 Å². The molecule has 2 saturated carbocycles. The van der Waals surface area contributed by atoms with Crippen LogP contribution in [-0.2, 0) is 9.59 Å². The number of carboxylic acid groups (broad SMARTS) is 1. The number of hydrogen-bond acceptors (Lipinski definition) is 2. The summed E-state index contributed by atoms with van der Waals surface area (Å²) >= 11 is 0. The summed E-state index contributed by atoms with van der Waals surface area (Å²) < 4.78 is 0. The number of carbonyl (C=O) groups is 2. The third-order valence-corrected chi connectivity index (χ3v) is 4.85. The van der Waals surface area contributed by atoms with Crippen molar-refractivity contribution in [3.63, 3.8) is 0 Å². The summed E-state index contributed by atoms with van der Waals surface area (Å²) in [6.45, 7) is 5.77. The minimum absolute atomic E-state index is 0.0992. The van der Waals surface area contributed by atoms with Crippen LogP contribution < -0.4 is 0 Å². The molecule has 0 bridgehead atoms. The van der Waals surface area contributed by atoms with E-state index in [1.807, 2.05) is 4.90 Å². The Kier molecular flexibility index (Phi) is 5.06. The number of aliphatic carboxylic acids is 1. The van der Waals surface area contributed by atoms with Crippen molar-refractivity contribution < 1.29 is 14.7 Å². The normalized spacial score (nSPS) is 29.4. The average Bonchev–Trinajstić information content (AvgIpc) is 3.12. The zero-order valence-electron chi connectivity index (χ0n) is 12.7. The monoisotopic (exact) mass is 281 g/mol. The molecule has 2 aliphatic carbocycles. The van der Waals surface area contributed by atoms with Crippen LogP contribution >= 0.6 is 0 Å². The van der Waals surface area contributed by atoms with E-state index in [1.165, 1.54) is 12.8 Å². The summed E-state index contributed by atoms with van der Waals surface area (Å²) in [5, 5.41) is 9.38. The first-order valence-corrected chi connectivity index (χ1v) is 8.08. The summed E-state index contributed by atoms with van der Waals surface area (Å²) in [6, 6.07) is 0. The average molecular weight is 281 g/mol. The molecule has 20 heavy (non-hydrogen) atoms. The van der Waals surface area contributed by atoms with Gasteiger partial charge in [0.1, 0.15) is 0 Å². The predicted octanol–water partition coefficient (Wildman–Crippen LogP) is 2.77. The van der Waals surface area contributed by atoms with Crippen molar-refractivity contribution in [1.29, 1.82) is 0 Å². The fourth-order valence-corrected chi connectivity index (χ4v) is 3.43. The molecule has 1 N–H and O–H groups in total. The fourth-order valence-electron chi connectivity index (χ4n) is 3.43. The number of rotatable bonds is 7. The Hall–Kier alpha value is -1.06. The number of amides is 1. The SMILES string of the molecule is CCCN(CC1CC1)C(=O)C1CC(CC)CC1C(=O)O. The molecule has 3 unspecified atom stereocenters. The van der Waals surface area contributed by atoms with Gasteiger partial charge < -0.3 is 10.0 Å². The molecule has 2 rings (SSSR count).